The van der Waals surface area contributed by atoms with Gasteiger partial charge in [0.05, 0.1) is 15.7 Å². The van der Waals surface area contributed by atoms with Crippen molar-refractivity contribution in [2.75, 3.05) is 32.4 Å². The van der Waals surface area contributed by atoms with Gasteiger partial charge in [0.2, 0.25) is 0 Å². The predicted octanol–water partition coefficient (Wildman–Crippen LogP) is 2.87. The Morgan fingerprint density at radius 3 is 2.77 bits per heavy atom. The molecule has 1 N–H and O–H groups in total. The van der Waals surface area contributed by atoms with Crippen molar-refractivity contribution in [3.63, 3.8) is 0 Å². The molecule has 1 atom stereocenters. The summed E-state index contributed by atoms with van der Waals surface area (Å²) in [6.07, 6.45) is 2.23. The Labute approximate surface area is 148 Å². The first-order valence-corrected chi connectivity index (χ1v) is 9.40. The quantitative estimate of drug-likeness (QED) is 0.844. The topological polar surface area (TPSA) is 49.4 Å². The highest BCUT2D eigenvalue weighted by atomic mass is 35.5. The Hall–Kier alpha value is -0.0400. The Kier molecular flexibility index (Phi) is 7.92. The lowest BCUT2D eigenvalue weighted by Gasteiger charge is -2.32. The van der Waals surface area contributed by atoms with Crippen molar-refractivity contribution >= 4 is 45.4 Å². The van der Waals surface area contributed by atoms with E-state index in [0.29, 0.717) is 17.6 Å². The molecule has 0 aromatic heterocycles. The van der Waals surface area contributed by atoms with E-state index >= 15 is 0 Å². The van der Waals surface area contributed by atoms with Crippen LogP contribution in [0.3, 0.4) is 0 Å². The molecule has 1 unspecified atom stereocenters. The zero-order chi connectivity index (χ0) is 15.5. The molecule has 0 bridgehead atoms. The Balaban J connectivity index is 0.00000242. The molecule has 2 rings (SSSR count). The van der Waals surface area contributed by atoms with Crippen molar-refractivity contribution in [1.82, 2.24) is 10.2 Å². The molecule has 1 fully saturated rings. The summed E-state index contributed by atoms with van der Waals surface area (Å²) < 4.78 is 24.8. The molecule has 1 aliphatic heterocycles. The number of rotatable bonds is 5. The second-order valence-electron chi connectivity index (χ2n) is 5.32. The molecule has 1 heterocycles. The summed E-state index contributed by atoms with van der Waals surface area (Å²) >= 11 is 11.9. The summed E-state index contributed by atoms with van der Waals surface area (Å²) in [6.45, 7) is 2.34. The average molecular weight is 388 g/mol. The first kappa shape index (κ1) is 20.0. The van der Waals surface area contributed by atoms with E-state index in [4.69, 9.17) is 23.2 Å². The number of halogens is 3. The van der Waals surface area contributed by atoms with Gasteiger partial charge in [0.15, 0.2) is 9.84 Å². The lowest BCUT2D eigenvalue weighted by atomic mass is 10.1. The predicted molar refractivity (Wildman–Crippen MR) is 94.3 cm³/mol. The number of nitrogens with zero attached hydrogens (tertiary/aromatic N) is 1. The fourth-order valence-corrected chi connectivity index (χ4v) is 4.67. The number of piperidine rings is 1. The van der Waals surface area contributed by atoms with Crippen molar-refractivity contribution < 1.29 is 8.42 Å². The van der Waals surface area contributed by atoms with Gasteiger partial charge in [-0.05, 0) is 44.6 Å². The maximum absolute atomic E-state index is 12.4. The summed E-state index contributed by atoms with van der Waals surface area (Å²) in [5.41, 5.74) is 0. The monoisotopic (exact) mass is 386 g/mol. The van der Waals surface area contributed by atoms with E-state index in [2.05, 4.69) is 10.2 Å². The maximum atomic E-state index is 12.4. The van der Waals surface area contributed by atoms with Crippen molar-refractivity contribution in [1.29, 1.82) is 0 Å². The highest BCUT2D eigenvalue weighted by Crippen LogP contribution is 2.26. The molecule has 0 amide bonds. The van der Waals surface area contributed by atoms with E-state index < -0.39 is 9.84 Å². The van der Waals surface area contributed by atoms with Gasteiger partial charge in [0.1, 0.15) is 0 Å². The average Bonchev–Trinajstić information content (AvgIpc) is 2.48. The van der Waals surface area contributed by atoms with Crippen LogP contribution in [0, 0.1) is 0 Å². The van der Waals surface area contributed by atoms with Crippen molar-refractivity contribution in [2.45, 2.75) is 23.8 Å². The first-order chi connectivity index (χ1) is 9.92. The van der Waals surface area contributed by atoms with Crippen LogP contribution in [0.5, 0.6) is 0 Å². The molecule has 4 nitrogen and oxygen atoms in total. The molecule has 126 valence electrons. The van der Waals surface area contributed by atoms with Crippen LogP contribution in [0.25, 0.3) is 0 Å². The van der Waals surface area contributed by atoms with E-state index in [1.807, 2.05) is 7.05 Å². The van der Waals surface area contributed by atoms with Gasteiger partial charge in [-0.3, -0.25) is 0 Å². The number of likely N-dealkylation sites (N-methyl/N-ethyl adjacent to an activating group) is 1. The van der Waals surface area contributed by atoms with Crippen LogP contribution >= 0.6 is 35.6 Å². The summed E-state index contributed by atoms with van der Waals surface area (Å²) in [7, 11) is -1.47. The highest BCUT2D eigenvalue weighted by Gasteiger charge is 2.23. The molecule has 0 saturated carbocycles. The lowest BCUT2D eigenvalue weighted by Crippen LogP contribution is -2.45. The minimum Gasteiger partial charge on any atom is -0.316 e. The van der Waals surface area contributed by atoms with Crippen LogP contribution in [0.15, 0.2) is 23.1 Å². The van der Waals surface area contributed by atoms with E-state index in [-0.39, 0.29) is 28.1 Å². The van der Waals surface area contributed by atoms with Crippen LogP contribution in [-0.4, -0.2) is 51.8 Å². The largest absolute Gasteiger partial charge is 0.316 e. The number of benzene rings is 1. The third-order valence-corrected chi connectivity index (χ3v) is 6.22. The fraction of sp³-hybridized carbons (Fsp3) is 0.571. The summed E-state index contributed by atoms with van der Waals surface area (Å²) in [5.74, 6) is 0.0590. The molecule has 1 aromatic carbocycles. The van der Waals surface area contributed by atoms with Gasteiger partial charge in [0, 0.05) is 24.2 Å². The zero-order valence-electron chi connectivity index (χ0n) is 12.4. The van der Waals surface area contributed by atoms with E-state index in [9.17, 15) is 8.42 Å². The fourth-order valence-electron chi connectivity index (χ4n) is 2.57. The number of sulfone groups is 1. The molecule has 1 aromatic rings. The van der Waals surface area contributed by atoms with E-state index in [1.54, 1.807) is 6.07 Å². The van der Waals surface area contributed by atoms with Gasteiger partial charge in [0.25, 0.3) is 0 Å². The molecular formula is C14H21Cl3N2O2S. The smallest absolute Gasteiger partial charge is 0.181 e. The summed E-state index contributed by atoms with van der Waals surface area (Å²) in [4.78, 5) is 2.31. The Bertz CT molecular complexity index is 596. The first-order valence-electron chi connectivity index (χ1n) is 7.00. The number of hydrogen-bond acceptors (Lipinski definition) is 4. The minimum absolute atomic E-state index is 0. The van der Waals surface area contributed by atoms with Gasteiger partial charge < -0.3 is 10.2 Å². The SMILES string of the molecule is CNC1CCCN(CCS(=O)(=O)c2cc(Cl)ccc2Cl)C1.Cl. The molecule has 0 spiro atoms. The molecule has 1 saturated heterocycles. The third-order valence-electron chi connectivity index (χ3n) is 3.82. The van der Waals surface area contributed by atoms with Crippen molar-refractivity contribution in [3.8, 4) is 0 Å². The van der Waals surface area contributed by atoms with Gasteiger partial charge in [-0.15, -0.1) is 12.4 Å². The molecule has 8 heteroatoms. The van der Waals surface area contributed by atoms with Crippen LogP contribution in [0.1, 0.15) is 12.8 Å². The summed E-state index contributed by atoms with van der Waals surface area (Å²) in [6, 6.07) is 4.97. The van der Waals surface area contributed by atoms with Gasteiger partial charge in [-0.1, -0.05) is 23.2 Å². The number of nitrogens with one attached hydrogen (secondary N) is 1. The highest BCUT2D eigenvalue weighted by molar-refractivity contribution is 7.91. The van der Waals surface area contributed by atoms with Gasteiger partial charge >= 0.3 is 0 Å². The third kappa shape index (κ3) is 5.25. The normalized spacial score (nSPS) is 19.7. The molecule has 22 heavy (non-hydrogen) atoms. The van der Waals surface area contributed by atoms with Gasteiger partial charge in [-0.2, -0.15) is 0 Å². The maximum Gasteiger partial charge on any atom is 0.181 e. The molecule has 0 radical (unpaired) electrons. The molecule has 0 aliphatic carbocycles. The van der Waals surface area contributed by atoms with Crippen LogP contribution in [0.4, 0.5) is 0 Å². The standard InChI is InChI=1S/C14H20Cl2N2O2S.ClH/c1-17-12-3-2-6-18(10-12)7-8-21(19,20)14-9-11(15)4-5-13(14)16;/h4-5,9,12,17H,2-3,6-8,10H2,1H3;1H. The number of hydrogen-bond donors (Lipinski definition) is 1. The van der Waals surface area contributed by atoms with Crippen molar-refractivity contribution in [2.24, 2.45) is 0 Å². The van der Waals surface area contributed by atoms with Crippen LogP contribution in [0.2, 0.25) is 10.0 Å². The zero-order valence-corrected chi connectivity index (χ0v) is 15.5. The lowest BCUT2D eigenvalue weighted by molar-refractivity contribution is 0.205. The van der Waals surface area contributed by atoms with E-state index in [1.165, 1.54) is 12.1 Å². The second kappa shape index (κ2) is 8.71. The Morgan fingerprint density at radius 2 is 2.09 bits per heavy atom. The second-order valence-corrected chi connectivity index (χ2v) is 8.24. The van der Waals surface area contributed by atoms with Crippen LogP contribution in [-0.2, 0) is 9.84 Å². The number of likely N-dealkylation sites (tertiary alicyclic amines) is 1. The van der Waals surface area contributed by atoms with Gasteiger partial charge in [-0.25, -0.2) is 8.42 Å². The minimum atomic E-state index is -3.42. The Morgan fingerprint density at radius 1 is 1.36 bits per heavy atom. The van der Waals surface area contributed by atoms with Crippen LogP contribution < -0.4 is 5.32 Å². The summed E-state index contributed by atoms with van der Waals surface area (Å²) in [5, 5.41) is 3.86. The molecular weight excluding hydrogens is 367 g/mol. The molecule has 1 aliphatic rings. The van der Waals surface area contributed by atoms with E-state index in [0.717, 1.165) is 25.9 Å². The van der Waals surface area contributed by atoms with Crippen molar-refractivity contribution in [3.05, 3.63) is 28.2 Å².